The molecule has 0 unspecified atom stereocenters. The van der Waals surface area contributed by atoms with E-state index in [0.717, 1.165) is 23.3 Å². The molecule has 0 bridgehead atoms. The number of aryl methyl sites for hydroxylation is 1. The Morgan fingerprint density at radius 2 is 1.11 bits per heavy atom. The number of hydrogen-bond donors (Lipinski definition) is 0. The Bertz CT molecular complexity index is 1280. The Hall–Kier alpha value is -3.74. The number of alkyl halides is 2. The molecule has 0 spiro atoms. The van der Waals surface area contributed by atoms with Gasteiger partial charge >= 0.3 is 6.11 Å². The lowest BCUT2D eigenvalue weighted by Gasteiger charge is -2.19. The Morgan fingerprint density at radius 1 is 0.600 bits per heavy atom. The summed E-state index contributed by atoms with van der Waals surface area (Å²) in [6, 6.07) is 17.5. The van der Waals surface area contributed by atoms with Crippen LogP contribution in [0, 0.1) is 30.2 Å². The average Bonchev–Trinajstić information content (AvgIpc) is 2.84. The summed E-state index contributed by atoms with van der Waals surface area (Å²) in [5.41, 5.74) is 2.52. The normalized spacial score (nSPS) is 11.0. The van der Waals surface area contributed by atoms with E-state index in [1.165, 1.54) is 18.2 Å². The van der Waals surface area contributed by atoms with Crippen LogP contribution < -0.4 is 4.74 Å². The van der Waals surface area contributed by atoms with Crippen LogP contribution in [0.4, 0.5) is 26.3 Å². The van der Waals surface area contributed by atoms with E-state index < -0.39 is 40.7 Å². The van der Waals surface area contributed by atoms with Crippen LogP contribution in [-0.4, -0.2) is 0 Å². The molecule has 0 N–H and O–H groups in total. The van der Waals surface area contributed by atoms with Crippen molar-refractivity contribution >= 4 is 0 Å². The minimum Gasteiger partial charge on any atom is -0.429 e. The highest BCUT2D eigenvalue weighted by molar-refractivity contribution is 5.71. The number of hydrogen-bond acceptors (Lipinski definition) is 1. The second kappa shape index (κ2) is 10.7. The highest BCUT2D eigenvalue weighted by Gasteiger charge is 2.35. The molecule has 0 saturated heterocycles. The highest BCUT2D eigenvalue weighted by Crippen LogP contribution is 2.35. The lowest BCUT2D eigenvalue weighted by molar-refractivity contribution is -0.185. The summed E-state index contributed by atoms with van der Waals surface area (Å²) in [5, 5.41) is 0. The summed E-state index contributed by atoms with van der Waals surface area (Å²) >= 11 is 0. The summed E-state index contributed by atoms with van der Waals surface area (Å²) in [6.07, 6.45) is -3.97. The molecule has 0 fully saturated rings. The van der Waals surface area contributed by atoms with Gasteiger partial charge in [-0.1, -0.05) is 67.9 Å². The number of rotatable bonds is 5. The minimum absolute atomic E-state index is 0.212. The van der Waals surface area contributed by atoms with Crippen molar-refractivity contribution in [2.24, 2.45) is 0 Å². The van der Waals surface area contributed by atoms with Gasteiger partial charge in [-0.25, -0.2) is 17.6 Å². The number of benzene rings is 4. The molecular formula is C28H22F6O. The second-order valence-electron chi connectivity index (χ2n) is 7.46. The van der Waals surface area contributed by atoms with Gasteiger partial charge in [0.05, 0.1) is 5.56 Å². The fourth-order valence-corrected chi connectivity index (χ4v) is 3.32. The molecule has 1 nitrogen and oxygen atoms in total. The van der Waals surface area contributed by atoms with Gasteiger partial charge in [-0.05, 0) is 41.8 Å². The zero-order valence-corrected chi connectivity index (χ0v) is 19.2. The monoisotopic (exact) mass is 488 g/mol. The van der Waals surface area contributed by atoms with E-state index in [0.29, 0.717) is 23.3 Å². The van der Waals surface area contributed by atoms with Crippen LogP contribution in [0.15, 0.2) is 78.9 Å². The molecular weight excluding hydrogens is 466 g/mol. The van der Waals surface area contributed by atoms with Crippen LogP contribution >= 0.6 is 0 Å². The van der Waals surface area contributed by atoms with Gasteiger partial charge in [-0.15, -0.1) is 0 Å². The van der Waals surface area contributed by atoms with Gasteiger partial charge < -0.3 is 4.74 Å². The van der Waals surface area contributed by atoms with Crippen LogP contribution in [-0.2, 0) is 6.11 Å². The molecule has 0 saturated carbocycles. The molecule has 0 aromatic heterocycles. The van der Waals surface area contributed by atoms with Crippen LogP contribution in [0.2, 0.25) is 0 Å². The molecule has 0 heterocycles. The first kappa shape index (κ1) is 25.9. The van der Waals surface area contributed by atoms with E-state index in [-0.39, 0.29) is 5.56 Å². The van der Waals surface area contributed by atoms with Crippen LogP contribution in [0.3, 0.4) is 0 Å². The number of ether oxygens (including phenoxy) is 1. The maximum absolute atomic E-state index is 14.8. The van der Waals surface area contributed by atoms with Gasteiger partial charge in [0, 0.05) is 17.7 Å². The summed E-state index contributed by atoms with van der Waals surface area (Å²) in [6.45, 7) is 5.95. The quantitative estimate of drug-likeness (QED) is 0.201. The van der Waals surface area contributed by atoms with Gasteiger partial charge in [0.2, 0.25) is 0 Å². The lowest BCUT2D eigenvalue weighted by Crippen LogP contribution is -2.22. The molecule has 7 heteroatoms. The molecule has 0 atom stereocenters. The van der Waals surface area contributed by atoms with E-state index in [4.69, 9.17) is 0 Å². The minimum atomic E-state index is -3.97. The largest absolute Gasteiger partial charge is 0.429 e. The van der Waals surface area contributed by atoms with E-state index in [1.807, 2.05) is 45.0 Å². The SMILES string of the molecule is CC.Cc1ccc(-c2ccc(-c3ccc(C(F)(F)Oc4cc(F)c(F)c(F)c4)cc3)c(F)c2)cc1. The molecule has 4 rings (SSSR count). The van der Waals surface area contributed by atoms with E-state index in [2.05, 4.69) is 4.74 Å². The summed E-state index contributed by atoms with van der Waals surface area (Å²) in [7, 11) is 0. The topological polar surface area (TPSA) is 9.23 Å². The van der Waals surface area contributed by atoms with Crippen molar-refractivity contribution in [2.75, 3.05) is 0 Å². The van der Waals surface area contributed by atoms with Crippen LogP contribution in [0.1, 0.15) is 25.0 Å². The van der Waals surface area contributed by atoms with Gasteiger partial charge in [-0.2, -0.15) is 8.78 Å². The Kier molecular flexibility index (Phi) is 7.89. The Labute approximate surface area is 199 Å². The maximum atomic E-state index is 14.8. The third kappa shape index (κ3) is 5.85. The predicted molar refractivity (Wildman–Crippen MR) is 124 cm³/mol. The van der Waals surface area contributed by atoms with Gasteiger partial charge in [-0.3, -0.25) is 0 Å². The molecule has 0 radical (unpaired) electrons. The van der Waals surface area contributed by atoms with Crippen molar-refractivity contribution in [2.45, 2.75) is 26.9 Å². The second-order valence-corrected chi connectivity index (χ2v) is 7.46. The van der Waals surface area contributed by atoms with Gasteiger partial charge in [0.1, 0.15) is 11.6 Å². The van der Waals surface area contributed by atoms with E-state index >= 15 is 0 Å². The van der Waals surface area contributed by atoms with Crippen LogP contribution in [0.5, 0.6) is 5.75 Å². The molecule has 0 aliphatic carbocycles. The fourth-order valence-electron chi connectivity index (χ4n) is 3.32. The molecule has 35 heavy (non-hydrogen) atoms. The summed E-state index contributed by atoms with van der Waals surface area (Å²) in [5.74, 6) is -6.49. The fraction of sp³-hybridized carbons (Fsp3) is 0.143. The standard InChI is InChI=1S/C26H16F6O.C2H6/c1-15-2-4-16(5-3-15)18-8-11-21(22(27)12-18)17-6-9-19(10-7-17)26(31,32)33-20-13-23(28)25(30)24(29)14-20;1-2/h2-14H,1H3;1-2H3. The van der Waals surface area contributed by atoms with Crippen molar-refractivity contribution in [3.8, 4) is 28.0 Å². The molecule has 0 amide bonds. The lowest BCUT2D eigenvalue weighted by atomic mass is 9.98. The smallest absolute Gasteiger partial charge is 0.426 e. The van der Waals surface area contributed by atoms with Crippen molar-refractivity contribution in [1.29, 1.82) is 0 Å². The van der Waals surface area contributed by atoms with E-state index in [9.17, 15) is 26.3 Å². The molecule has 4 aromatic carbocycles. The third-order valence-electron chi connectivity index (χ3n) is 5.09. The first-order chi connectivity index (χ1) is 16.6. The molecule has 182 valence electrons. The number of halogens is 6. The highest BCUT2D eigenvalue weighted by atomic mass is 19.3. The average molecular weight is 488 g/mol. The van der Waals surface area contributed by atoms with Crippen LogP contribution in [0.25, 0.3) is 22.3 Å². The molecule has 4 aromatic rings. The van der Waals surface area contributed by atoms with Gasteiger partial charge in [0.25, 0.3) is 0 Å². The van der Waals surface area contributed by atoms with Crippen molar-refractivity contribution in [1.82, 2.24) is 0 Å². The Balaban J connectivity index is 0.00000167. The molecule has 0 aliphatic rings. The maximum Gasteiger partial charge on any atom is 0.426 e. The first-order valence-corrected chi connectivity index (χ1v) is 10.8. The first-order valence-electron chi connectivity index (χ1n) is 10.8. The van der Waals surface area contributed by atoms with Crippen molar-refractivity contribution < 1.29 is 31.1 Å². The predicted octanol–water partition coefficient (Wildman–Crippen LogP) is 9.04. The summed E-state index contributed by atoms with van der Waals surface area (Å²) < 4.78 is 87.6. The van der Waals surface area contributed by atoms with Crippen molar-refractivity contribution in [3.05, 3.63) is 113 Å². The third-order valence-corrected chi connectivity index (χ3v) is 5.09. The summed E-state index contributed by atoms with van der Waals surface area (Å²) in [4.78, 5) is 0. The zero-order chi connectivity index (χ0) is 25.8. The van der Waals surface area contributed by atoms with Gasteiger partial charge in [0.15, 0.2) is 17.5 Å². The van der Waals surface area contributed by atoms with Crippen molar-refractivity contribution in [3.63, 3.8) is 0 Å². The van der Waals surface area contributed by atoms with E-state index in [1.54, 1.807) is 12.1 Å². The zero-order valence-electron chi connectivity index (χ0n) is 19.2. The molecule has 0 aliphatic heterocycles. The Morgan fingerprint density at radius 3 is 1.66 bits per heavy atom.